The maximum Gasteiger partial charge on any atom is 0.276 e. The standard InChI is InChI=1S/C22H20N4O5/c1-12-7-9-31-16-11-25-10-15(18(27)19(28)17(25)22(30)26(12)16)21(29)24-20-14-5-3-2-4-13(14)6-8-23-20/h2-6,8,10,12,16,28H,7,9,11H2,1H3,(H,23,24,29)/t12-,16+/m1/s1. The molecule has 2 aliphatic rings. The van der Waals surface area contributed by atoms with Crippen LogP contribution in [0.3, 0.4) is 0 Å². The zero-order valence-electron chi connectivity index (χ0n) is 16.7. The largest absolute Gasteiger partial charge is 0.503 e. The molecule has 9 nitrogen and oxygen atoms in total. The molecule has 0 saturated carbocycles. The van der Waals surface area contributed by atoms with Crippen molar-refractivity contribution in [1.29, 1.82) is 0 Å². The van der Waals surface area contributed by atoms with Crippen LogP contribution in [0.25, 0.3) is 10.8 Å². The van der Waals surface area contributed by atoms with Crippen molar-refractivity contribution < 1.29 is 19.4 Å². The first-order chi connectivity index (χ1) is 15.0. The third-order valence-corrected chi connectivity index (χ3v) is 5.83. The highest BCUT2D eigenvalue weighted by molar-refractivity contribution is 6.08. The molecule has 4 heterocycles. The number of benzene rings is 1. The van der Waals surface area contributed by atoms with Crippen molar-refractivity contribution in [3.8, 4) is 5.75 Å². The van der Waals surface area contributed by atoms with Crippen molar-refractivity contribution in [3.05, 3.63) is 64.2 Å². The molecule has 2 atom stereocenters. The number of aromatic nitrogens is 2. The van der Waals surface area contributed by atoms with Gasteiger partial charge in [0.15, 0.2) is 17.7 Å². The number of pyridine rings is 2. The van der Waals surface area contributed by atoms with Crippen LogP contribution in [-0.2, 0) is 11.3 Å². The fraction of sp³-hybridized carbons (Fsp3) is 0.273. The molecule has 158 valence electrons. The molecule has 1 fully saturated rings. The van der Waals surface area contributed by atoms with E-state index in [-0.39, 0.29) is 23.8 Å². The fourth-order valence-corrected chi connectivity index (χ4v) is 4.21. The summed E-state index contributed by atoms with van der Waals surface area (Å²) in [6.45, 7) is 2.63. The maximum atomic E-state index is 13.0. The molecule has 1 saturated heterocycles. The van der Waals surface area contributed by atoms with E-state index in [9.17, 15) is 19.5 Å². The average molecular weight is 420 g/mol. The van der Waals surface area contributed by atoms with Crippen molar-refractivity contribution in [2.75, 3.05) is 11.9 Å². The third kappa shape index (κ3) is 3.05. The van der Waals surface area contributed by atoms with Crippen LogP contribution in [0.4, 0.5) is 5.82 Å². The van der Waals surface area contributed by atoms with Gasteiger partial charge in [-0.1, -0.05) is 24.3 Å². The molecule has 0 unspecified atom stereocenters. The molecule has 3 aromatic rings. The zero-order chi connectivity index (χ0) is 21.7. The number of carbonyl (C=O) groups is 2. The molecule has 0 bridgehead atoms. The smallest absolute Gasteiger partial charge is 0.276 e. The van der Waals surface area contributed by atoms with Gasteiger partial charge in [-0.3, -0.25) is 14.4 Å². The number of aromatic hydroxyl groups is 1. The van der Waals surface area contributed by atoms with E-state index in [0.29, 0.717) is 18.8 Å². The van der Waals surface area contributed by atoms with E-state index in [1.807, 2.05) is 37.3 Å². The van der Waals surface area contributed by atoms with Crippen LogP contribution in [-0.4, -0.2) is 50.2 Å². The molecule has 0 radical (unpaired) electrons. The Balaban J connectivity index is 1.54. The Morgan fingerprint density at radius 2 is 2.06 bits per heavy atom. The summed E-state index contributed by atoms with van der Waals surface area (Å²) >= 11 is 0. The summed E-state index contributed by atoms with van der Waals surface area (Å²) < 4.78 is 7.13. The molecule has 1 aromatic carbocycles. The second kappa shape index (κ2) is 7.21. The van der Waals surface area contributed by atoms with E-state index in [1.54, 1.807) is 6.20 Å². The molecule has 9 heteroatoms. The summed E-state index contributed by atoms with van der Waals surface area (Å²) in [4.78, 5) is 44.4. The lowest BCUT2D eigenvalue weighted by Crippen LogP contribution is -2.57. The van der Waals surface area contributed by atoms with Gasteiger partial charge in [-0.25, -0.2) is 4.98 Å². The molecule has 2 amide bonds. The normalized spacial score (nSPS) is 20.3. The Bertz CT molecular complexity index is 1280. The van der Waals surface area contributed by atoms with Crippen LogP contribution < -0.4 is 10.7 Å². The second-order valence-corrected chi connectivity index (χ2v) is 7.73. The van der Waals surface area contributed by atoms with Crippen molar-refractivity contribution in [3.63, 3.8) is 0 Å². The first kappa shape index (κ1) is 19.3. The van der Waals surface area contributed by atoms with E-state index >= 15 is 0 Å². The van der Waals surface area contributed by atoms with E-state index in [4.69, 9.17) is 4.74 Å². The number of nitrogens with zero attached hydrogens (tertiary/aromatic N) is 3. The van der Waals surface area contributed by atoms with Crippen molar-refractivity contribution in [2.24, 2.45) is 0 Å². The number of carbonyl (C=O) groups excluding carboxylic acids is 2. The quantitative estimate of drug-likeness (QED) is 0.655. The van der Waals surface area contributed by atoms with Crippen molar-refractivity contribution >= 4 is 28.4 Å². The van der Waals surface area contributed by atoms with Crippen LogP contribution >= 0.6 is 0 Å². The minimum atomic E-state index is -0.902. The number of nitrogens with one attached hydrogen (secondary N) is 1. The van der Waals surface area contributed by atoms with Crippen LogP contribution in [0.1, 0.15) is 34.2 Å². The van der Waals surface area contributed by atoms with Gasteiger partial charge in [0.25, 0.3) is 11.8 Å². The number of ether oxygens (including phenoxy) is 1. The van der Waals surface area contributed by atoms with E-state index in [1.165, 1.54) is 15.7 Å². The number of rotatable bonds is 2. The maximum absolute atomic E-state index is 13.0. The first-order valence-electron chi connectivity index (χ1n) is 10.0. The van der Waals surface area contributed by atoms with Crippen LogP contribution in [0, 0.1) is 0 Å². The summed E-state index contributed by atoms with van der Waals surface area (Å²) in [5, 5.41) is 14.8. The number of anilines is 1. The van der Waals surface area contributed by atoms with Crippen molar-refractivity contribution in [2.45, 2.75) is 32.2 Å². The number of hydrogen-bond donors (Lipinski definition) is 2. The second-order valence-electron chi connectivity index (χ2n) is 7.73. The van der Waals surface area contributed by atoms with E-state index < -0.39 is 29.2 Å². The molecule has 31 heavy (non-hydrogen) atoms. The highest BCUT2D eigenvalue weighted by Crippen LogP contribution is 2.29. The van der Waals surface area contributed by atoms with E-state index in [2.05, 4.69) is 10.3 Å². The van der Waals surface area contributed by atoms with E-state index in [0.717, 1.165) is 10.8 Å². The molecule has 0 spiro atoms. The van der Waals surface area contributed by atoms with Crippen LogP contribution in [0.15, 0.2) is 47.5 Å². The minimum absolute atomic E-state index is 0.0742. The Hall–Kier alpha value is -3.72. The molecule has 2 N–H and O–H groups in total. The number of fused-ring (bicyclic) bond motifs is 3. The van der Waals surface area contributed by atoms with Gasteiger partial charge in [-0.05, 0) is 24.8 Å². The monoisotopic (exact) mass is 420 g/mol. The van der Waals surface area contributed by atoms with Crippen LogP contribution in [0.2, 0.25) is 0 Å². The number of hydrogen-bond acceptors (Lipinski definition) is 6. The van der Waals surface area contributed by atoms with Gasteiger partial charge in [0, 0.05) is 23.8 Å². The predicted molar refractivity (Wildman–Crippen MR) is 112 cm³/mol. The third-order valence-electron chi connectivity index (χ3n) is 5.83. The highest BCUT2D eigenvalue weighted by atomic mass is 16.5. The molecule has 2 aliphatic heterocycles. The van der Waals surface area contributed by atoms with Gasteiger partial charge in [0.05, 0.1) is 13.2 Å². The lowest BCUT2D eigenvalue weighted by molar-refractivity contribution is -0.112. The molecular weight excluding hydrogens is 400 g/mol. The summed E-state index contributed by atoms with van der Waals surface area (Å²) in [5.74, 6) is -1.64. The van der Waals surface area contributed by atoms with Gasteiger partial charge in [0.2, 0.25) is 5.43 Å². The van der Waals surface area contributed by atoms with Gasteiger partial charge >= 0.3 is 0 Å². The summed E-state index contributed by atoms with van der Waals surface area (Å²) in [7, 11) is 0. The molecular formula is C22H20N4O5. The predicted octanol–water partition coefficient (Wildman–Crippen LogP) is 1.95. The Kier molecular flexibility index (Phi) is 4.48. The van der Waals surface area contributed by atoms with Gasteiger partial charge in [-0.15, -0.1) is 0 Å². The number of amides is 2. The minimum Gasteiger partial charge on any atom is -0.503 e. The van der Waals surface area contributed by atoms with Gasteiger partial charge < -0.3 is 24.6 Å². The summed E-state index contributed by atoms with van der Waals surface area (Å²) in [6.07, 6.45) is 3.02. The summed E-state index contributed by atoms with van der Waals surface area (Å²) in [6, 6.07) is 9.12. The fourth-order valence-electron chi connectivity index (χ4n) is 4.21. The Morgan fingerprint density at radius 3 is 2.90 bits per heavy atom. The lowest BCUT2D eigenvalue weighted by Gasteiger charge is -2.44. The zero-order valence-corrected chi connectivity index (χ0v) is 16.7. The van der Waals surface area contributed by atoms with Gasteiger partial charge in [-0.2, -0.15) is 0 Å². The lowest BCUT2D eigenvalue weighted by atomic mass is 10.1. The Morgan fingerprint density at radius 1 is 1.26 bits per heavy atom. The molecule has 2 aromatic heterocycles. The summed E-state index contributed by atoms with van der Waals surface area (Å²) in [5.41, 5.74) is -1.30. The Labute approximate surface area is 176 Å². The topological polar surface area (TPSA) is 114 Å². The highest BCUT2D eigenvalue weighted by Gasteiger charge is 2.41. The van der Waals surface area contributed by atoms with Gasteiger partial charge in [0.1, 0.15) is 11.4 Å². The first-order valence-corrected chi connectivity index (χ1v) is 10.0. The van der Waals surface area contributed by atoms with Crippen molar-refractivity contribution in [1.82, 2.24) is 14.5 Å². The average Bonchev–Trinajstić information content (AvgIpc) is 2.76. The van der Waals surface area contributed by atoms with Crippen LogP contribution in [0.5, 0.6) is 5.75 Å². The SMILES string of the molecule is C[C@@H]1CCO[C@H]2Cn3cc(C(=O)Nc4nccc5ccccc45)c(=O)c(O)c3C(=O)N12. The molecule has 0 aliphatic carbocycles. The molecule has 5 rings (SSSR count).